The van der Waals surface area contributed by atoms with E-state index in [4.69, 9.17) is 5.73 Å². The van der Waals surface area contributed by atoms with Crippen LogP contribution in [0, 0.1) is 5.92 Å². The molecule has 1 saturated carbocycles. The van der Waals surface area contributed by atoms with Crippen LogP contribution in [0.25, 0.3) is 0 Å². The summed E-state index contributed by atoms with van der Waals surface area (Å²) in [5, 5.41) is 0.962. The fourth-order valence-electron chi connectivity index (χ4n) is 3.10. The van der Waals surface area contributed by atoms with Crippen molar-refractivity contribution in [2.24, 2.45) is 11.7 Å². The zero-order valence-electron chi connectivity index (χ0n) is 7.98. The number of hydrogen-bond donors (Lipinski definition) is 1. The summed E-state index contributed by atoms with van der Waals surface area (Å²) in [6.45, 7) is 2.27. The number of likely N-dealkylation sites (tertiary alicyclic amines) is 1. The van der Waals surface area contributed by atoms with Crippen LogP contribution in [0.3, 0.4) is 0 Å². The van der Waals surface area contributed by atoms with E-state index < -0.39 is 0 Å². The van der Waals surface area contributed by atoms with Gasteiger partial charge in [-0.05, 0) is 31.7 Å². The third-order valence-electron chi connectivity index (χ3n) is 4.05. The summed E-state index contributed by atoms with van der Waals surface area (Å²) < 4.78 is 0. The molecule has 0 aromatic heterocycles. The second-order valence-corrected chi connectivity index (χ2v) is 6.02. The molecule has 3 fully saturated rings. The zero-order valence-corrected chi connectivity index (χ0v) is 8.80. The van der Waals surface area contributed by atoms with Crippen LogP contribution in [-0.4, -0.2) is 41.1 Å². The van der Waals surface area contributed by atoms with Crippen LogP contribution < -0.4 is 5.73 Å². The maximum atomic E-state index is 5.76. The number of nitrogens with two attached hydrogens (primary N) is 1. The molecule has 74 valence electrons. The van der Waals surface area contributed by atoms with Gasteiger partial charge >= 0.3 is 0 Å². The molecule has 4 unspecified atom stereocenters. The zero-order chi connectivity index (χ0) is 8.84. The standard InChI is InChI=1S/C10H18N2S/c11-4-7-1-2-10(7)12-5-9-3-8(12)6-13-9/h7-10H,1-6,11H2. The van der Waals surface area contributed by atoms with Gasteiger partial charge in [-0.3, -0.25) is 4.90 Å². The Morgan fingerprint density at radius 2 is 2.31 bits per heavy atom. The van der Waals surface area contributed by atoms with E-state index in [0.29, 0.717) is 0 Å². The Hall–Kier alpha value is 0.270. The van der Waals surface area contributed by atoms with Crippen molar-refractivity contribution in [2.45, 2.75) is 36.6 Å². The lowest BCUT2D eigenvalue weighted by Gasteiger charge is -2.45. The topological polar surface area (TPSA) is 29.3 Å². The first-order chi connectivity index (χ1) is 6.38. The van der Waals surface area contributed by atoms with E-state index in [-0.39, 0.29) is 0 Å². The largest absolute Gasteiger partial charge is 0.330 e. The van der Waals surface area contributed by atoms with Gasteiger partial charge in [0.1, 0.15) is 0 Å². The van der Waals surface area contributed by atoms with Gasteiger partial charge in [0.15, 0.2) is 0 Å². The third kappa shape index (κ3) is 1.24. The highest BCUT2D eigenvalue weighted by molar-refractivity contribution is 8.00. The molecule has 2 bridgehead atoms. The molecule has 3 heteroatoms. The molecule has 0 spiro atoms. The second-order valence-electron chi connectivity index (χ2n) is 4.68. The quantitative estimate of drug-likeness (QED) is 0.715. The maximum Gasteiger partial charge on any atom is 0.0201 e. The highest BCUT2D eigenvalue weighted by Crippen LogP contribution is 2.43. The number of thioether (sulfide) groups is 1. The first-order valence-electron chi connectivity index (χ1n) is 5.46. The van der Waals surface area contributed by atoms with E-state index in [0.717, 1.165) is 29.8 Å². The first-order valence-corrected chi connectivity index (χ1v) is 6.51. The fourth-order valence-corrected chi connectivity index (χ4v) is 4.56. The van der Waals surface area contributed by atoms with Gasteiger partial charge in [0.05, 0.1) is 0 Å². The molecule has 4 atom stereocenters. The smallest absolute Gasteiger partial charge is 0.0201 e. The lowest BCUT2D eigenvalue weighted by Crippen LogP contribution is -2.53. The minimum absolute atomic E-state index is 0.823. The summed E-state index contributed by atoms with van der Waals surface area (Å²) in [4.78, 5) is 2.77. The number of nitrogens with zero attached hydrogens (tertiary/aromatic N) is 1. The Bertz CT molecular complexity index is 207. The van der Waals surface area contributed by atoms with Crippen molar-refractivity contribution in [2.75, 3.05) is 18.8 Å². The van der Waals surface area contributed by atoms with Crippen LogP contribution in [-0.2, 0) is 0 Å². The van der Waals surface area contributed by atoms with E-state index in [1.807, 2.05) is 0 Å². The van der Waals surface area contributed by atoms with Crippen LogP contribution >= 0.6 is 11.8 Å². The molecule has 2 heterocycles. The lowest BCUT2D eigenvalue weighted by atomic mass is 9.78. The normalized spacial score (nSPS) is 49.6. The Balaban J connectivity index is 1.66. The van der Waals surface area contributed by atoms with E-state index in [1.54, 1.807) is 0 Å². The van der Waals surface area contributed by atoms with Gasteiger partial charge in [0, 0.05) is 29.6 Å². The van der Waals surface area contributed by atoms with Gasteiger partial charge in [0.25, 0.3) is 0 Å². The maximum absolute atomic E-state index is 5.76. The first kappa shape index (κ1) is 8.57. The summed E-state index contributed by atoms with van der Waals surface area (Å²) in [6, 6.07) is 1.77. The monoisotopic (exact) mass is 198 g/mol. The third-order valence-corrected chi connectivity index (χ3v) is 5.44. The Morgan fingerprint density at radius 3 is 2.77 bits per heavy atom. The molecule has 2 aliphatic heterocycles. The minimum Gasteiger partial charge on any atom is -0.330 e. The molecule has 13 heavy (non-hydrogen) atoms. The molecule has 2 saturated heterocycles. The predicted molar refractivity (Wildman–Crippen MR) is 56.9 cm³/mol. The van der Waals surface area contributed by atoms with E-state index in [2.05, 4.69) is 16.7 Å². The SMILES string of the molecule is NCC1CCC1N1CC2CC1CS2. The number of fused-ring (bicyclic) bond motifs is 2. The summed E-state index contributed by atoms with van der Waals surface area (Å²) in [7, 11) is 0. The molecule has 0 amide bonds. The van der Waals surface area contributed by atoms with Crippen LogP contribution in [0.1, 0.15) is 19.3 Å². The van der Waals surface area contributed by atoms with Gasteiger partial charge in [-0.15, -0.1) is 0 Å². The average Bonchev–Trinajstić information content (AvgIpc) is 2.63. The molecular weight excluding hydrogens is 180 g/mol. The molecule has 0 aromatic rings. The molecule has 0 radical (unpaired) electrons. The van der Waals surface area contributed by atoms with Crippen molar-refractivity contribution < 1.29 is 0 Å². The summed E-state index contributed by atoms with van der Waals surface area (Å²) in [5.41, 5.74) is 5.76. The van der Waals surface area contributed by atoms with Crippen LogP contribution in [0.15, 0.2) is 0 Å². The second kappa shape index (κ2) is 3.14. The lowest BCUT2D eigenvalue weighted by molar-refractivity contribution is 0.0618. The Kier molecular flexibility index (Phi) is 2.07. The van der Waals surface area contributed by atoms with Gasteiger partial charge in [-0.2, -0.15) is 11.8 Å². The highest BCUT2D eigenvalue weighted by Gasteiger charge is 2.45. The molecular formula is C10H18N2S. The van der Waals surface area contributed by atoms with Crippen molar-refractivity contribution in [3.8, 4) is 0 Å². The molecule has 3 rings (SSSR count). The van der Waals surface area contributed by atoms with Crippen molar-refractivity contribution in [1.82, 2.24) is 4.90 Å². The number of rotatable bonds is 2. The van der Waals surface area contributed by atoms with Crippen LogP contribution in [0.2, 0.25) is 0 Å². The fraction of sp³-hybridized carbons (Fsp3) is 1.00. The van der Waals surface area contributed by atoms with Crippen molar-refractivity contribution in [3.05, 3.63) is 0 Å². The average molecular weight is 198 g/mol. The molecule has 1 aliphatic carbocycles. The number of hydrogen-bond acceptors (Lipinski definition) is 3. The minimum atomic E-state index is 0.823. The molecule has 0 aromatic carbocycles. The Morgan fingerprint density at radius 1 is 1.38 bits per heavy atom. The summed E-state index contributed by atoms with van der Waals surface area (Å²) in [5.74, 6) is 2.21. The highest BCUT2D eigenvalue weighted by atomic mass is 32.2. The van der Waals surface area contributed by atoms with E-state index in [9.17, 15) is 0 Å². The van der Waals surface area contributed by atoms with E-state index in [1.165, 1.54) is 31.6 Å². The van der Waals surface area contributed by atoms with Crippen molar-refractivity contribution >= 4 is 11.8 Å². The van der Waals surface area contributed by atoms with Gasteiger partial charge < -0.3 is 5.73 Å². The Labute approximate surface area is 84.2 Å². The van der Waals surface area contributed by atoms with Crippen LogP contribution in [0.5, 0.6) is 0 Å². The van der Waals surface area contributed by atoms with Gasteiger partial charge in [-0.25, -0.2) is 0 Å². The van der Waals surface area contributed by atoms with E-state index >= 15 is 0 Å². The van der Waals surface area contributed by atoms with Crippen LogP contribution in [0.4, 0.5) is 0 Å². The van der Waals surface area contributed by atoms with Crippen molar-refractivity contribution in [1.29, 1.82) is 0 Å². The van der Waals surface area contributed by atoms with Crippen molar-refractivity contribution in [3.63, 3.8) is 0 Å². The summed E-state index contributed by atoms with van der Waals surface area (Å²) >= 11 is 2.18. The molecule has 2 N–H and O–H groups in total. The predicted octanol–water partition coefficient (Wildman–Crippen LogP) is 0.913. The molecule has 3 aliphatic rings. The summed E-state index contributed by atoms with van der Waals surface area (Å²) in [6.07, 6.45) is 4.25. The van der Waals surface area contributed by atoms with Gasteiger partial charge in [0.2, 0.25) is 0 Å². The van der Waals surface area contributed by atoms with Gasteiger partial charge in [-0.1, -0.05) is 0 Å². The molecule has 2 nitrogen and oxygen atoms in total.